The van der Waals surface area contributed by atoms with E-state index in [9.17, 15) is 14.9 Å². The summed E-state index contributed by atoms with van der Waals surface area (Å²) < 4.78 is 0. The predicted molar refractivity (Wildman–Crippen MR) is 78.6 cm³/mol. The van der Waals surface area contributed by atoms with Crippen molar-refractivity contribution in [3.8, 4) is 0 Å². The number of nitro groups is 1. The molecule has 2 rings (SSSR count). The van der Waals surface area contributed by atoms with Crippen LogP contribution in [-0.2, 0) is 0 Å². The minimum Gasteiger partial charge on any atom is -0.393 e. The van der Waals surface area contributed by atoms with Gasteiger partial charge < -0.3 is 10.6 Å². The molecular weight excluding hydrogens is 278 g/mol. The molecule has 1 saturated carbocycles. The third-order valence-corrected chi connectivity index (χ3v) is 3.36. The Kier molecular flexibility index (Phi) is 4.29. The first kappa shape index (κ1) is 14.4. The highest BCUT2D eigenvalue weighted by molar-refractivity contribution is 7.80. The SMILES string of the molecule is NC(=S)CCN(C(=O)c1cccc([N+](=O)[O-])c1)C1CC1. The number of rotatable bonds is 6. The highest BCUT2D eigenvalue weighted by Gasteiger charge is 2.33. The number of nitrogens with two attached hydrogens (primary N) is 1. The molecular formula is C13H15N3O3S. The number of thiocarbonyl (C=S) groups is 1. The zero-order chi connectivity index (χ0) is 14.7. The number of carbonyl (C=O) groups excluding carboxylic acids is 1. The minimum absolute atomic E-state index is 0.0825. The van der Waals surface area contributed by atoms with Crippen molar-refractivity contribution < 1.29 is 9.72 Å². The number of non-ortho nitro benzene ring substituents is 1. The largest absolute Gasteiger partial charge is 0.393 e. The van der Waals surface area contributed by atoms with E-state index in [1.807, 2.05) is 0 Å². The first-order valence-corrected chi connectivity index (χ1v) is 6.73. The highest BCUT2D eigenvalue weighted by atomic mass is 32.1. The van der Waals surface area contributed by atoms with E-state index >= 15 is 0 Å². The van der Waals surface area contributed by atoms with Crippen LogP contribution in [0, 0.1) is 10.1 Å². The molecule has 0 atom stereocenters. The topological polar surface area (TPSA) is 89.5 Å². The van der Waals surface area contributed by atoms with Crippen molar-refractivity contribution in [1.82, 2.24) is 4.90 Å². The standard InChI is InChI=1S/C13H15N3O3S/c14-12(20)6-7-15(10-4-5-10)13(17)9-2-1-3-11(8-9)16(18)19/h1-3,8,10H,4-7H2,(H2,14,20). The van der Waals surface area contributed by atoms with E-state index in [-0.39, 0.29) is 17.6 Å². The van der Waals surface area contributed by atoms with E-state index < -0.39 is 4.92 Å². The Bertz CT molecular complexity index is 558. The van der Waals surface area contributed by atoms with Crippen molar-refractivity contribution in [2.75, 3.05) is 6.54 Å². The van der Waals surface area contributed by atoms with Gasteiger partial charge in [0.25, 0.3) is 11.6 Å². The normalized spacial score (nSPS) is 13.8. The Morgan fingerprint density at radius 1 is 1.50 bits per heavy atom. The number of hydrogen-bond acceptors (Lipinski definition) is 4. The maximum absolute atomic E-state index is 12.4. The van der Waals surface area contributed by atoms with Crippen LogP contribution in [0.1, 0.15) is 29.6 Å². The average Bonchev–Trinajstić information content (AvgIpc) is 3.23. The maximum Gasteiger partial charge on any atom is 0.270 e. The molecule has 20 heavy (non-hydrogen) atoms. The number of amides is 1. The zero-order valence-electron chi connectivity index (χ0n) is 10.8. The average molecular weight is 293 g/mol. The Morgan fingerprint density at radius 3 is 2.75 bits per heavy atom. The molecule has 0 radical (unpaired) electrons. The number of carbonyl (C=O) groups is 1. The molecule has 1 fully saturated rings. The van der Waals surface area contributed by atoms with Gasteiger partial charge in [-0.25, -0.2) is 0 Å². The third kappa shape index (κ3) is 3.51. The summed E-state index contributed by atoms with van der Waals surface area (Å²) in [4.78, 5) is 24.8. The molecule has 0 spiro atoms. The first-order valence-electron chi connectivity index (χ1n) is 6.33. The summed E-state index contributed by atoms with van der Waals surface area (Å²) in [6.07, 6.45) is 2.38. The molecule has 0 heterocycles. The first-order chi connectivity index (χ1) is 9.49. The predicted octanol–water partition coefficient (Wildman–Crippen LogP) is 1.88. The van der Waals surface area contributed by atoms with Crippen LogP contribution in [0.15, 0.2) is 24.3 Å². The summed E-state index contributed by atoms with van der Waals surface area (Å²) in [5.74, 6) is -0.201. The molecule has 0 unspecified atom stereocenters. The molecule has 0 saturated heterocycles. The molecule has 0 aromatic heterocycles. The smallest absolute Gasteiger partial charge is 0.270 e. The van der Waals surface area contributed by atoms with Gasteiger partial charge in [0.2, 0.25) is 0 Å². The molecule has 1 amide bonds. The van der Waals surface area contributed by atoms with Crippen LogP contribution in [0.4, 0.5) is 5.69 Å². The second-order valence-electron chi connectivity index (χ2n) is 4.75. The Balaban J connectivity index is 2.16. The second-order valence-corrected chi connectivity index (χ2v) is 5.28. The summed E-state index contributed by atoms with van der Waals surface area (Å²) in [7, 11) is 0. The monoisotopic (exact) mass is 293 g/mol. The molecule has 0 aliphatic heterocycles. The highest BCUT2D eigenvalue weighted by Crippen LogP contribution is 2.29. The van der Waals surface area contributed by atoms with E-state index in [1.165, 1.54) is 18.2 Å². The fourth-order valence-corrected chi connectivity index (χ4v) is 2.08. The second kappa shape index (κ2) is 5.96. The molecule has 1 aromatic rings. The molecule has 2 N–H and O–H groups in total. The van der Waals surface area contributed by atoms with E-state index in [0.717, 1.165) is 12.8 Å². The number of hydrogen-bond donors (Lipinski definition) is 1. The lowest BCUT2D eigenvalue weighted by Crippen LogP contribution is -2.35. The van der Waals surface area contributed by atoms with Gasteiger partial charge in [0.1, 0.15) is 0 Å². The van der Waals surface area contributed by atoms with Gasteiger partial charge in [0.05, 0.1) is 9.91 Å². The van der Waals surface area contributed by atoms with Crippen molar-refractivity contribution >= 4 is 28.8 Å². The quantitative estimate of drug-likeness (QED) is 0.491. The van der Waals surface area contributed by atoms with Crippen LogP contribution in [0.2, 0.25) is 0 Å². The zero-order valence-corrected chi connectivity index (χ0v) is 11.6. The lowest BCUT2D eigenvalue weighted by atomic mass is 10.1. The lowest BCUT2D eigenvalue weighted by molar-refractivity contribution is -0.384. The molecule has 106 valence electrons. The molecule has 1 aliphatic rings. The van der Waals surface area contributed by atoms with Gasteiger partial charge in [-0.15, -0.1) is 0 Å². The van der Waals surface area contributed by atoms with E-state index in [4.69, 9.17) is 18.0 Å². The molecule has 0 bridgehead atoms. The Labute approximate surface area is 121 Å². The van der Waals surface area contributed by atoms with Gasteiger partial charge in [-0.2, -0.15) is 0 Å². The summed E-state index contributed by atoms with van der Waals surface area (Å²) in [5.41, 5.74) is 5.71. The van der Waals surface area contributed by atoms with Gasteiger partial charge in [0.15, 0.2) is 0 Å². The van der Waals surface area contributed by atoms with Gasteiger partial charge in [-0.3, -0.25) is 14.9 Å². The summed E-state index contributed by atoms with van der Waals surface area (Å²) in [6, 6.07) is 5.98. The van der Waals surface area contributed by atoms with E-state index in [1.54, 1.807) is 11.0 Å². The summed E-state index contributed by atoms with van der Waals surface area (Å²) in [6.45, 7) is 0.460. The Hall–Kier alpha value is -2.02. The minimum atomic E-state index is -0.507. The number of benzene rings is 1. The summed E-state index contributed by atoms with van der Waals surface area (Å²) >= 11 is 4.83. The molecule has 1 aliphatic carbocycles. The molecule has 7 heteroatoms. The van der Waals surface area contributed by atoms with Gasteiger partial charge >= 0.3 is 0 Å². The fraction of sp³-hybridized carbons (Fsp3) is 0.385. The molecule has 1 aromatic carbocycles. The van der Waals surface area contributed by atoms with Crippen LogP contribution in [0.5, 0.6) is 0 Å². The Morgan fingerprint density at radius 2 is 2.20 bits per heavy atom. The number of nitrogens with zero attached hydrogens (tertiary/aromatic N) is 2. The van der Waals surface area contributed by atoms with Crippen LogP contribution >= 0.6 is 12.2 Å². The lowest BCUT2D eigenvalue weighted by Gasteiger charge is -2.22. The maximum atomic E-state index is 12.4. The fourth-order valence-electron chi connectivity index (χ4n) is 1.99. The summed E-state index contributed by atoms with van der Waals surface area (Å²) in [5, 5.41) is 10.8. The van der Waals surface area contributed by atoms with Gasteiger partial charge in [0, 0.05) is 36.7 Å². The van der Waals surface area contributed by atoms with Crippen LogP contribution in [-0.4, -0.2) is 33.3 Å². The van der Waals surface area contributed by atoms with Gasteiger partial charge in [-0.05, 0) is 18.9 Å². The number of nitro benzene ring substituents is 1. The van der Waals surface area contributed by atoms with Crippen molar-refractivity contribution in [2.45, 2.75) is 25.3 Å². The van der Waals surface area contributed by atoms with Crippen molar-refractivity contribution in [1.29, 1.82) is 0 Å². The van der Waals surface area contributed by atoms with E-state index in [2.05, 4.69) is 0 Å². The van der Waals surface area contributed by atoms with Crippen molar-refractivity contribution in [3.05, 3.63) is 39.9 Å². The molecule has 6 nitrogen and oxygen atoms in total. The van der Waals surface area contributed by atoms with Crippen LogP contribution in [0.3, 0.4) is 0 Å². The van der Waals surface area contributed by atoms with E-state index in [0.29, 0.717) is 23.5 Å². The van der Waals surface area contributed by atoms with Gasteiger partial charge in [-0.1, -0.05) is 18.3 Å². The third-order valence-electron chi connectivity index (χ3n) is 3.15. The van der Waals surface area contributed by atoms with Crippen molar-refractivity contribution in [2.24, 2.45) is 5.73 Å². The van der Waals surface area contributed by atoms with Crippen molar-refractivity contribution in [3.63, 3.8) is 0 Å². The van der Waals surface area contributed by atoms with Crippen LogP contribution < -0.4 is 5.73 Å². The van der Waals surface area contributed by atoms with Crippen LogP contribution in [0.25, 0.3) is 0 Å².